The summed E-state index contributed by atoms with van der Waals surface area (Å²) in [5.41, 5.74) is 1.17. The van der Waals surface area contributed by atoms with Crippen molar-refractivity contribution >= 4 is 18.6 Å². The molecule has 0 spiro atoms. The van der Waals surface area contributed by atoms with Crippen LogP contribution in [0, 0.1) is 11.8 Å². The van der Waals surface area contributed by atoms with Gasteiger partial charge in [-0.1, -0.05) is 11.8 Å². The Kier molecular flexibility index (Phi) is 3.47. The van der Waals surface area contributed by atoms with E-state index in [0.717, 1.165) is 5.56 Å². The smallest absolute Gasteiger partial charge is 0.354 e. The van der Waals surface area contributed by atoms with Gasteiger partial charge in [0.15, 0.2) is 0 Å². The van der Waals surface area contributed by atoms with Gasteiger partial charge in [0.2, 0.25) is 0 Å². The zero-order valence-corrected chi connectivity index (χ0v) is 8.02. The van der Waals surface area contributed by atoms with Gasteiger partial charge in [0.1, 0.15) is 5.69 Å². The van der Waals surface area contributed by atoms with Gasteiger partial charge in [0.25, 0.3) is 0 Å². The minimum absolute atomic E-state index is 0.390. The van der Waals surface area contributed by atoms with Crippen LogP contribution in [0.5, 0.6) is 0 Å². The van der Waals surface area contributed by atoms with Crippen LogP contribution in [-0.4, -0.2) is 23.8 Å². The lowest BCUT2D eigenvalue weighted by Gasteiger charge is -1.91. The number of methoxy groups -OCH3 is 1. The molecule has 0 aliphatic rings. The van der Waals surface area contributed by atoms with Gasteiger partial charge in [-0.05, 0) is 6.07 Å². The summed E-state index contributed by atoms with van der Waals surface area (Å²) in [5, 5.41) is 0. The van der Waals surface area contributed by atoms with Crippen LogP contribution < -0.4 is 0 Å². The summed E-state index contributed by atoms with van der Waals surface area (Å²) in [4.78, 5) is 13.7. The predicted molar refractivity (Wildman–Crippen MR) is 52.9 cm³/mol. The number of carbonyl (C=O) groups is 1. The van der Waals surface area contributed by atoms with E-state index in [1.165, 1.54) is 7.11 Å². The number of rotatable bonds is 1. The molecule has 13 heavy (non-hydrogen) atoms. The van der Waals surface area contributed by atoms with Crippen molar-refractivity contribution in [2.75, 3.05) is 12.9 Å². The average Bonchev–Trinajstić information content (AvgIpc) is 2.62. The van der Waals surface area contributed by atoms with Crippen LogP contribution in [-0.2, 0) is 4.74 Å². The molecule has 0 atom stereocenters. The van der Waals surface area contributed by atoms with Gasteiger partial charge in [0, 0.05) is 11.8 Å². The van der Waals surface area contributed by atoms with Gasteiger partial charge < -0.3 is 9.72 Å². The van der Waals surface area contributed by atoms with E-state index in [9.17, 15) is 4.79 Å². The number of hydrogen-bond acceptors (Lipinski definition) is 3. The molecule has 0 aliphatic heterocycles. The maximum absolute atomic E-state index is 11.0. The van der Waals surface area contributed by atoms with Crippen LogP contribution in [0.15, 0.2) is 12.3 Å². The second-order valence-electron chi connectivity index (χ2n) is 2.25. The maximum atomic E-state index is 11.0. The molecule has 1 heterocycles. The number of aromatic amines is 1. The molecule has 3 nitrogen and oxygen atoms in total. The summed E-state index contributed by atoms with van der Waals surface area (Å²) < 4.78 is 4.52. The molecule has 1 N–H and O–H groups in total. The molecule has 1 aromatic heterocycles. The van der Waals surface area contributed by atoms with Crippen LogP contribution in [0.4, 0.5) is 0 Å². The Balaban J connectivity index is 2.80. The lowest BCUT2D eigenvalue weighted by molar-refractivity contribution is 0.0595. The molecule has 0 radical (unpaired) electrons. The number of H-pyrrole nitrogens is 1. The Morgan fingerprint density at radius 2 is 2.54 bits per heavy atom. The predicted octanol–water partition coefficient (Wildman–Crippen LogP) is 1.08. The summed E-state index contributed by atoms with van der Waals surface area (Å²) in [7, 11) is 1.34. The second kappa shape index (κ2) is 4.63. The molecule has 0 aromatic carbocycles. The monoisotopic (exact) mass is 195 g/mol. The summed E-state index contributed by atoms with van der Waals surface area (Å²) in [6.07, 6.45) is 1.66. The van der Waals surface area contributed by atoms with Crippen LogP contribution in [0.25, 0.3) is 0 Å². The first-order chi connectivity index (χ1) is 6.27. The van der Waals surface area contributed by atoms with Crippen LogP contribution in [0.2, 0.25) is 0 Å². The molecule has 1 aromatic rings. The van der Waals surface area contributed by atoms with Gasteiger partial charge in [-0.25, -0.2) is 4.79 Å². The first-order valence-electron chi connectivity index (χ1n) is 3.64. The lowest BCUT2D eigenvalue weighted by atomic mass is 10.3. The van der Waals surface area contributed by atoms with Crippen LogP contribution >= 0.6 is 12.6 Å². The number of thiol groups is 1. The highest BCUT2D eigenvalue weighted by atomic mass is 32.1. The summed E-state index contributed by atoms with van der Waals surface area (Å²) >= 11 is 3.94. The molecule has 0 saturated carbocycles. The molecular weight excluding hydrogens is 186 g/mol. The first kappa shape index (κ1) is 9.75. The van der Waals surface area contributed by atoms with Crippen LogP contribution in [0.3, 0.4) is 0 Å². The Hall–Kier alpha value is -1.34. The van der Waals surface area contributed by atoms with Crippen molar-refractivity contribution in [1.82, 2.24) is 4.98 Å². The number of ether oxygens (including phenoxy) is 1. The van der Waals surface area contributed by atoms with Crippen molar-refractivity contribution in [3.8, 4) is 11.8 Å². The van der Waals surface area contributed by atoms with Crippen LogP contribution in [0.1, 0.15) is 16.1 Å². The molecule has 68 valence electrons. The van der Waals surface area contributed by atoms with Crippen molar-refractivity contribution in [1.29, 1.82) is 0 Å². The molecular formula is C9H9NO2S. The summed E-state index contributed by atoms with van der Waals surface area (Å²) in [5.74, 6) is 5.71. The highest BCUT2D eigenvalue weighted by Gasteiger charge is 2.06. The third-order valence-corrected chi connectivity index (χ3v) is 1.56. The van der Waals surface area contributed by atoms with E-state index < -0.39 is 0 Å². The fourth-order valence-electron chi connectivity index (χ4n) is 0.836. The summed E-state index contributed by atoms with van der Waals surface area (Å²) in [6, 6.07) is 1.64. The molecule has 4 heteroatoms. The number of esters is 1. The van der Waals surface area contributed by atoms with E-state index in [-0.39, 0.29) is 5.97 Å². The molecule has 1 rings (SSSR count). The standard InChI is InChI=1S/C9H9NO2S/c1-12-9(11)8-5-7(6-10-8)3-2-4-13/h5-6,10,13H,4H2,1H3. The first-order valence-corrected chi connectivity index (χ1v) is 4.27. The van der Waals surface area contributed by atoms with E-state index in [0.29, 0.717) is 11.4 Å². The van der Waals surface area contributed by atoms with Crippen molar-refractivity contribution in [2.45, 2.75) is 0 Å². The quantitative estimate of drug-likeness (QED) is 0.400. The van der Waals surface area contributed by atoms with E-state index >= 15 is 0 Å². The number of hydrogen-bond donors (Lipinski definition) is 2. The number of nitrogens with one attached hydrogen (secondary N) is 1. The zero-order chi connectivity index (χ0) is 9.68. The van der Waals surface area contributed by atoms with E-state index in [2.05, 4.69) is 34.2 Å². The zero-order valence-electron chi connectivity index (χ0n) is 7.13. The van der Waals surface area contributed by atoms with E-state index in [1.54, 1.807) is 12.3 Å². The molecule has 0 fully saturated rings. The minimum atomic E-state index is -0.390. The third kappa shape index (κ3) is 2.56. The second-order valence-corrected chi connectivity index (χ2v) is 2.57. The highest BCUT2D eigenvalue weighted by molar-refractivity contribution is 7.80. The molecule has 0 aliphatic carbocycles. The summed E-state index contributed by atoms with van der Waals surface area (Å²) in [6.45, 7) is 0. The number of carbonyl (C=O) groups excluding carboxylic acids is 1. The Morgan fingerprint density at radius 1 is 1.77 bits per heavy atom. The van der Waals surface area contributed by atoms with Crippen molar-refractivity contribution < 1.29 is 9.53 Å². The normalized spacial score (nSPS) is 8.77. The Labute approximate surface area is 81.9 Å². The fourth-order valence-corrected chi connectivity index (χ4v) is 0.915. The van der Waals surface area contributed by atoms with E-state index in [1.807, 2.05) is 0 Å². The molecule has 0 saturated heterocycles. The topological polar surface area (TPSA) is 42.1 Å². The van der Waals surface area contributed by atoms with Crippen molar-refractivity contribution in [3.63, 3.8) is 0 Å². The largest absolute Gasteiger partial charge is 0.464 e. The van der Waals surface area contributed by atoms with Gasteiger partial charge in [-0.3, -0.25) is 0 Å². The number of aromatic nitrogens is 1. The van der Waals surface area contributed by atoms with Crippen molar-refractivity contribution in [2.24, 2.45) is 0 Å². The fraction of sp³-hybridized carbons (Fsp3) is 0.222. The van der Waals surface area contributed by atoms with Gasteiger partial charge in [-0.2, -0.15) is 12.6 Å². The van der Waals surface area contributed by atoms with Gasteiger partial charge >= 0.3 is 5.97 Å². The highest BCUT2D eigenvalue weighted by Crippen LogP contribution is 2.02. The SMILES string of the molecule is COC(=O)c1cc(C#CCS)c[nH]1. The van der Waals surface area contributed by atoms with Gasteiger partial charge in [0.05, 0.1) is 12.9 Å². The minimum Gasteiger partial charge on any atom is -0.464 e. The van der Waals surface area contributed by atoms with E-state index in [4.69, 9.17) is 0 Å². The van der Waals surface area contributed by atoms with Crippen molar-refractivity contribution in [3.05, 3.63) is 23.5 Å². The Morgan fingerprint density at radius 3 is 3.15 bits per heavy atom. The molecule has 0 amide bonds. The lowest BCUT2D eigenvalue weighted by Crippen LogP contribution is -2.00. The molecule has 0 unspecified atom stereocenters. The van der Waals surface area contributed by atoms with Gasteiger partial charge in [-0.15, -0.1) is 0 Å². The maximum Gasteiger partial charge on any atom is 0.354 e. The average molecular weight is 195 g/mol. The Bertz CT molecular complexity index is 359. The molecule has 0 bridgehead atoms. The third-order valence-electron chi connectivity index (χ3n) is 1.40.